The SMILES string of the molecule is CCc1cccc(CC)c1NC(=O)CSc1ccc(C(F)(F)F)cc1[N+](=O)[O-]. The Bertz CT molecular complexity index is 863. The second-order valence-corrected chi connectivity index (χ2v) is 6.95. The lowest BCUT2D eigenvalue weighted by atomic mass is 10.0. The first kappa shape index (κ1) is 21.7. The van der Waals surface area contributed by atoms with Crippen LogP contribution in [0.1, 0.15) is 30.5 Å². The highest BCUT2D eigenvalue weighted by atomic mass is 32.2. The summed E-state index contributed by atoms with van der Waals surface area (Å²) >= 11 is 0.828. The zero-order valence-corrected chi connectivity index (χ0v) is 16.1. The van der Waals surface area contributed by atoms with Crippen LogP contribution in [0.5, 0.6) is 0 Å². The lowest BCUT2D eigenvalue weighted by Gasteiger charge is -2.14. The third-order valence-electron chi connectivity index (χ3n) is 4.10. The van der Waals surface area contributed by atoms with Crippen LogP contribution in [0, 0.1) is 10.1 Å². The molecule has 0 saturated carbocycles. The van der Waals surface area contributed by atoms with Crippen LogP contribution < -0.4 is 5.32 Å². The summed E-state index contributed by atoms with van der Waals surface area (Å²) in [6.07, 6.45) is -3.23. The van der Waals surface area contributed by atoms with E-state index in [2.05, 4.69) is 5.32 Å². The maximum Gasteiger partial charge on any atom is 0.416 e. The molecule has 5 nitrogen and oxygen atoms in total. The van der Waals surface area contributed by atoms with Crippen LogP contribution in [-0.4, -0.2) is 16.6 Å². The maximum absolute atomic E-state index is 12.8. The number of benzene rings is 2. The van der Waals surface area contributed by atoms with E-state index in [0.29, 0.717) is 6.07 Å². The standard InChI is InChI=1S/C19H19F3N2O3S/c1-3-12-6-5-7-13(4-2)18(12)23-17(25)11-28-16-9-8-14(19(20,21)22)10-15(16)24(26)27/h5-10H,3-4,11H2,1-2H3,(H,23,25). The predicted octanol–water partition coefficient (Wildman–Crippen LogP) is 5.47. The first-order valence-electron chi connectivity index (χ1n) is 8.56. The molecule has 0 aliphatic carbocycles. The Kier molecular flexibility index (Phi) is 7.06. The summed E-state index contributed by atoms with van der Waals surface area (Å²) < 4.78 is 38.3. The quantitative estimate of drug-likeness (QED) is 0.372. The number of hydrogen-bond acceptors (Lipinski definition) is 4. The highest BCUT2D eigenvalue weighted by Gasteiger charge is 2.33. The van der Waals surface area contributed by atoms with Gasteiger partial charge < -0.3 is 5.32 Å². The van der Waals surface area contributed by atoms with Gasteiger partial charge >= 0.3 is 6.18 Å². The van der Waals surface area contributed by atoms with Gasteiger partial charge in [-0.05, 0) is 36.1 Å². The average molecular weight is 412 g/mol. The number of hydrogen-bond donors (Lipinski definition) is 1. The summed E-state index contributed by atoms with van der Waals surface area (Å²) in [5.41, 5.74) is 0.893. The molecule has 28 heavy (non-hydrogen) atoms. The van der Waals surface area contributed by atoms with Crippen molar-refractivity contribution in [3.63, 3.8) is 0 Å². The molecule has 2 aromatic rings. The van der Waals surface area contributed by atoms with Gasteiger partial charge in [-0.1, -0.05) is 32.0 Å². The number of carbonyl (C=O) groups excluding carboxylic acids is 1. The topological polar surface area (TPSA) is 72.2 Å². The molecule has 0 radical (unpaired) electrons. The Morgan fingerprint density at radius 3 is 2.25 bits per heavy atom. The molecule has 9 heteroatoms. The molecule has 0 unspecified atom stereocenters. The molecule has 2 aromatic carbocycles. The fraction of sp³-hybridized carbons (Fsp3) is 0.316. The lowest BCUT2D eigenvalue weighted by Crippen LogP contribution is -2.17. The van der Waals surface area contributed by atoms with Crippen LogP contribution in [0.2, 0.25) is 0 Å². The first-order chi connectivity index (χ1) is 13.2. The van der Waals surface area contributed by atoms with Crippen molar-refractivity contribution < 1.29 is 22.9 Å². The van der Waals surface area contributed by atoms with Gasteiger partial charge in [-0.25, -0.2) is 0 Å². The number of nitrogens with zero attached hydrogens (tertiary/aromatic N) is 1. The van der Waals surface area contributed by atoms with E-state index in [4.69, 9.17) is 0 Å². The molecule has 0 heterocycles. The Balaban J connectivity index is 2.17. The third kappa shape index (κ3) is 5.25. The van der Waals surface area contributed by atoms with E-state index >= 15 is 0 Å². The molecule has 1 N–H and O–H groups in total. The number of carbonyl (C=O) groups is 1. The summed E-state index contributed by atoms with van der Waals surface area (Å²) in [6.45, 7) is 3.93. The number of nitro groups is 1. The Labute approximate surface area is 164 Å². The van der Waals surface area contributed by atoms with E-state index in [1.54, 1.807) is 0 Å². The van der Waals surface area contributed by atoms with E-state index < -0.39 is 22.4 Å². The van der Waals surface area contributed by atoms with Crippen molar-refractivity contribution in [1.29, 1.82) is 0 Å². The molecule has 0 fully saturated rings. The van der Waals surface area contributed by atoms with Gasteiger partial charge in [-0.2, -0.15) is 13.2 Å². The van der Waals surface area contributed by atoms with Crippen LogP contribution in [-0.2, 0) is 23.8 Å². The minimum atomic E-state index is -4.67. The minimum absolute atomic E-state index is 0.00708. The maximum atomic E-state index is 12.8. The average Bonchev–Trinajstić information content (AvgIpc) is 2.65. The zero-order valence-electron chi connectivity index (χ0n) is 15.3. The molecule has 1 amide bonds. The van der Waals surface area contributed by atoms with E-state index in [1.165, 1.54) is 0 Å². The first-order valence-corrected chi connectivity index (χ1v) is 9.55. The predicted molar refractivity (Wildman–Crippen MR) is 103 cm³/mol. The number of nitrogens with one attached hydrogen (secondary N) is 1. The van der Waals surface area contributed by atoms with Crippen LogP contribution in [0.4, 0.5) is 24.5 Å². The van der Waals surface area contributed by atoms with E-state index in [0.717, 1.165) is 53.6 Å². The van der Waals surface area contributed by atoms with Crippen molar-refractivity contribution in [1.82, 2.24) is 0 Å². The summed E-state index contributed by atoms with van der Waals surface area (Å²) in [5, 5.41) is 14.0. The Hall–Kier alpha value is -2.55. The molecule has 0 atom stereocenters. The summed E-state index contributed by atoms with van der Waals surface area (Å²) in [4.78, 5) is 22.6. The number of halogens is 3. The third-order valence-corrected chi connectivity index (χ3v) is 5.17. The molecule has 2 rings (SSSR count). The summed E-state index contributed by atoms with van der Waals surface area (Å²) in [7, 11) is 0. The number of aryl methyl sites for hydroxylation is 2. The number of alkyl halides is 3. The molecular weight excluding hydrogens is 393 g/mol. The Morgan fingerprint density at radius 2 is 1.75 bits per heavy atom. The molecule has 0 spiro atoms. The van der Waals surface area contributed by atoms with Gasteiger partial charge in [0.15, 0.2) is 0 Å². The summed E-state index contributed by atoms with van der Waals surface area (Å²) in [6, 6.07) is 8.01. The minimum Gasteiger partial charge on any atom is -0.325 e. The number of amides is 1. The zero-order chi connectivity index (χ0) is 20.9. The fourth-order valence-corrected chi connectivity index (χ4v) is 3.48. The van der Waals surface area contributed by atoms with Crippen molar-refractivity contribution >= 4 is 29.0 Å². The fourth-order valence-electron chi connectivity index (χ4n) is 2.68. The van der Waals surface area contributed by atoms with Crippen molar-refractivity contribution in [2.45, 2.75) is 37.8 Å². The van der Waals surface area contributed by atoms with Gasteiger partial charge in [0.2, 0.25) is 5.91 Å². The van der Waals surface area contributed by atoms with Gasteiger partial charge in [0.05, 0.1) is 21.1 Å². The highest BCUT2D eigenvalue weighted by Crippen LogP contribution is 2.36. The molecule has 0 aromatic heterocycles. The molecule has 0 bridgehead atoms. The van der Waals surface area contributed by atoms with Gasteiger partial charge in [0.25, 0.3) is 5.69 Å². The second kappa shape index (κ2) is 9.09. The Morgan fingerprint density at radius 1 is 1.14 bits per heavy atom. The van der Waals surface area contributed by atoms with Crippen LogP contribution in [0.15, 0.2) is 41.3 Å². The van der Waals surface area contributed by atoms with E-state index in [-0.39, 0.29) is 16.6 Å². The molecular formula is C19H19F3N2O3S. The number of anilines is 1. The van der Waals surface area contributed by atoms with Gasteiger partial charge in [0.1, 0.15) is 0 Å². The van der Waals surface area contributed by atoms with Crippen molar-refractivity contribution in [2.75, 3.05) is 11.1 Å². The molecule has 0 saturated heterocycles. The van der Waals surface area contributed by atoms with Crippen molar-refractivity contribution in [2.24, 2.45) is 0 Å². The van der Waals surface area contributed by atoms with Gasteiger partial charge in [0, 0.05) is 11.8 Å². The normalized spacial score (nSPS) is 11.3. The number of thioether (sulfide) groups is 1. The molecule has 0 aliphatic rings. The van der Waals surface area contributed by atoms with E-state index in [9.17, 15) is 28.1 Å². The van der Waals surface area contributed by atoms with Crippen LogP contribution in [0.25, 0.3) is 0 Å². The number of para-hydroxylation sites is 1. The molecule has 150 valence electrons. The largest absolute Gasteiger partial charge is 0.416 e. The monoisotopic (exact) mass is 412 g/mol. The number of rotatable bonds is 7. The summed E-state index contributed by atoms with van der Waals surface area (Å²) in [5.74, 6) is -0.539. The van der Waals surface area contributed by atoms with E-state index in [1.807, 2.05) is 32.0 Å². The molecule has 0 aliphatic heterocycles. The van der Waals surface area contributed by atoms with Gasteiger partial charge in [-0.3, -0.25) is 14.9 Å². The smallest absolute Gasteiger partial charge is 0.325 e. The van der Waals surface area contributed by atoms with Crippen molar-refractivity contribution in [3.8, 4) is 0 Å². The highest BCUT2D eigenvalue weighted by molar-refractivity contribution is 8.00. The van der Waals surface area contributed by atoms with Crippen molar-refractivity contribution in [3.05, 3.63) is 63.2 Å². The van der Waals surface area contributed by atoms with Crippen LogP contribution in [0.3, 0.4) is 0 Å². The lowest BCUT2D eigenvalue weighted by molar-refractivity contribution is -0.388. The van der Waals surface area contributed by atoms with Gasteiger partial charge in [-0.15, -0.1) is 11.8 Å². The number of nitro benzene ring substituents is 1. The second-order valence-electron chi connectivity index (χ2n) is 5.93. The van der Waals surface area contributed by atoms with Crippen LogP contribution >= 0.6 is 11.8 Å².